The van der Waals surface area contributed by atoms with Crippen LogP contribution in [0.1, 0.15) is 68.7 Å². The van der Waals surface area contributed by atoms with Gasteiger partial charge in [0.2, 0.25) is 0 Å². The van der Waals surface area contributed by atoms with Gasteiger partial charge in [0.25, 0.3) is 17.4 Å². The Morgan fingerprint density at radius 3 is 2.31 bits per heavy atom. The molecule has 216 valence electrons. The molecule has 2 N–H and O–H groups in total. The summed E-state index contributed by atoms with van der Waals surface area (Å²) in [6.45, 7) is 4.27. The first-order valence-corrected chi connectivity index (χ1v) is 14.8. The Balaban J connectivity index is 1.35. The van der Waals surface area contributed by atoms with Crippen LogP contribution >= 0.6 is 0 Å². The highest BCUT2D eigenvalue weighted by molar-refractivity contribution is 6.07. The number of rotatable bonds is 8. The van der Waals surface area contributed by atoms with Crippen molar-refractivity contribution in [3.8, 4) is 0 Å². The number of likely N-dealkylation sites (tertiary alicyclic amines) is 1. The SMILES string of the molecule is Cc1ccc(C(=O)NC2CC2)cc1Cc1ccc2c(=O)n(Cc3ccncc3)cc(C(=O)NC3CCN(C)CC3)c2c1. The summed E-state index contributed by atoms with van der Waals surface area (Å²) in [5.74, 6) is -0.204. The summed E-state index contributed by atoms with van der Waals surface area (Å²) < 4.78 is 1.62. The number of benzene rings is 2. The van der Waals surface area contributed by atoms with E-state index in [0.717, 1.165) is 61.0 Å². The Bertz CT molecular complexity index is 1690. The summed E-state index contributed by atoms with van der Waals surface area (Å²) in [7, 11) is 2.10. The Morgan fingerprint density at radius 1 is 0.857 bits per heavy atom. The first-order chi connectivity index (χ1) is 20.3. The van der Waals surface area contributed by atoms with Gasteiger partial charge < -0.3 is 20.1 Å². The Hall–Kier alpha value is -4.30. The summed E-state index contributed by atoms with van der Waals surface area (Å²) >= 11 is 0. The number of hydrogen-bond donors (Lipinski definition) is 2. The van der Waals surface area contributed by atoms with Gasteiger partial charge in [0.05, 0.1) is 12.1 Å². The molecule has 2 aromatic carbocycles. The topological polar surface area (TPSA) is 96.3 Å². The average molecular weight is 564 g/mol. The van der Waals surface area contributed by atoms with Crippen molar-refractivity contribution in [2.75, 3.05) is 20.1 Å². The Labute approximate surface area is 245 Å². The number of amides is 2. The zero-order valence-corrected chi connectivity index (χ0v) is 24.2. The molecule has 4 aromatic rings. The fourth-order valence-electron chi connectivity index (χ4n) is 5.67. The fraction of sp³-hybridized carbons (Fsp3) is 0.353. The van der Waals surface area contributed by atoms with Crippen molar-refractivity contribution < 1.29 is 9.59 Å². The smallest absolute Gasteiger partial charge is 0.258 e. The molecule has 2 fully saturated rings. The zero-order valence-electron chi connectivity index (χ0n) is 24.2. The second-order valence-corrected chi connectivity index (χ2v) is 11.8. The van der Waals surface area contributed by atoms with Gasteiger partial charge in [0.15, 0.2) is 0 Å². The van der Waals surface area contributed by atoms with Gasteiger partial charge in [-0.05, 0) is 118 Å². The van der Waals surface area contributed by atoms with Gasteiger partial charge in [0.1, 0.15) is 0 Å². The predicted molar refractivity (Wildman–Crippen MR) is 164 cm³/mol. The molecule has 0 atom stereocenters. The molecule has 0 spiro atoms. The molecule has 2 aromatic heterocycles. The van der Waals surface area contributed by atoms with E-state index in [0.29, 0.717) is 40.9 Å². The highest BCUT2D eigenvalue weighted by Gasteiger charge is 2.24. The third kappa shape index (κ3) is 6.29. The van der Waals surface area contributed by atoms with Gasteiger partial charge in [-0.3, -0.25) is 19.4 Å². The van der Waals surface area contributed by atoms with Crippen LogP contribution in [0.2, 0.25) is 0 Å². The summed E-state index contributed by atoms with van der Waals surface area (Å²) in [6, 6.07) is 15.7. The maximum atomic E-state index is 13.8. The van der Waals surface area contributed by atoms with E-state index in [4.69, 9.17) is 0 Å². The number of piperidine rings is 1. The van der Waals surface area contributed by atoms with Crippen LogP contribution in [0.5, 0.6) is 0 Å². The number of carbonyl (C=O) groups excluding carboxylic acids is 2. The second kappa shape index (κ2) is 11.9. The van der Waals surface area contributed by atoms with Crippen molar-refractivity contribution in [1.82, 2.24) is 25.1 Å². The minimum Gasteiger partial charge on any atom is -0.349 e. The average Bonchev–Trinajstić information content (AvgIpc) is 3.81. The lowest BCUT2D eigenvalue weighted by Gasteiger charge is -2.29. The minimum atomic E-state index is -0.162. The predicted octanol–water partition coefficient (Wildman–Crippen LogP) is 4.06. The van der Waals surface area contributed by atoms with Crippen molar-refractivity contribution in [3.05, 3.63) is 111 Å². The molecule has 1 aliphatic carbocycles. The van der Waals surface area contributed by atoms with E-state index in [1.54, 1.807) is 23.2 Å². The molecule has 42 heavy (non-hydrogen) atoms. The molecule has 8 heteroatoms. The molecule has 0 radical (unpaired) electrons. The Kier molecular flexibility index (Phi) is 7.89. The van der Waals surface area contributed by atoms with Crippen LogP contribution in [-0.2, 0) is 13.0 Å². The van der Waals surface area contributed by atoms with Gasteiger partial charge in [-0.1, -0.05) is 12.1 Å². The maximum Gasteiger partial charge on any atom is 0.258 e. The van der Waals surface area contributed by atoms with E-state index in [-0.39, 0.29) is 23.4 Å². The van der Waals surface area contributed by atoms with E-state index in [1.807, 2.05) is 55.5 Å². The van der Waals surface area contributed by atoms with E-state index < -0.39 is 0 Å². The van der Waals surface area contributed by atoms with Gasteiger partial charge in [-0.25, -0.2) is 0 Å². The first kappa shape index (κ1) is 27.8. The molecule has 3 heterocycles. The maximum absolute atomic E-state index is 13.8. The van der Waals surface area contributed by atoms with Crippen LogP contribution in [0.4, 0.5) is 0 Å². The molecule has 2 amide bonds. The minimum absolute atomic E-state index is 0.0418. The monoisotopic (exact) mass is 563 g/mol. The number of aryl methyl sites for hydroxylation is 1. The van der Waals surface area contributed by atoms with Gasteiger partial charge in [0, 0.05) is 47.0 Å². The van der Waals surface area contributed by atoms with Crippen LogP contribution in [0.3, 0.4) is 0 Å². The number of pyridine rings is 2. The van der Waals surface area contributed by atoms with E-state index in [2.05, 4.69) is 27.6 Å². The normalized spacial score (nSPS) is 16.0. The summed E-state index contributed by atoms with van der Waals surface area (Å²) in [6.07, 6.45) is 9.56. The lowest BCUT2D eigenvalue weighted by atomic mass is 9.95. The fourth-order valence-corrected chi connectivity index (χ4v) is 5.67. The first-order valence-electron chi connectivity index (χ1n) is 14.8. The van der Waals surface area contributed by atoms with Crippen LogP contribution in [0, 0.1) is 6.92 Å². The quantitative estimate of drug-likeness (QED) is 0.337. The van der Waals surface area contributed by atoms with Gasteiger partial charge >= 0.3 is 0 Å². The molecule has 1 saturated heterocycles. The van der Waals surface area contributed by atoms with E-state index in [1.165, 1.54) is 0 Å². The highest BCUT2D eigenvalue weighted by atomic mass is 16.2. The van der Waals surface area contributed by atoms with Crippen LogP contribution in [-0.4, -0.2) is 58.5 Å². The third-order valence-electron chi connectivity index (χ3n) is 8.47. The number of hydrogen-bond acceptors (Lipinski definition) is 5. The summed E-state index contributed by atoms with van der Waals surface area (Å²) in [5.41, 5.74) is 5.05. The van der Waals surface area contributed by atoms with Gasteiger partial charge in [-0.15, -0.1) is 0 Å². The van der Waals surface area contributed by atoms with E-state index in [9.17, 15) is 14.4 Å². The van der Waals surface area contributed by atoms with Crippen LogP contribution in [0.15, 0.2) is 71.9 Å². The van der Waals surface area contributed by atoms with Crippen molar-refractivity contribution in [1.29, 1.82) is 0 Å². The molecule has 1 aliphatic heterocycles. The standard InChI is InChI=1S/C34H37N5O3/c1-22-3-5-25(32(40)36-27-6-7-27)19-26(22)17-24-4-8-29-30(18-24)31(33(41)37-28-11-15-38(2)16-12-28)21-39(34(29)42)20-23-9-13-35-14-10-23/h3-5,8-10,13-14,18-19,21,27-28H,6-7,11-12,15-17,20H2,1-2H3,(H,36,40)(H,37,41). The third-order valence-corrected chi connectivity index (χ3v) is 8.47. The van der Waals surface area contributed by atoms with Gasteiger partial charge in [-0.2, -0.15) is 0 Å². The molecule has 0 bridgehead atoms. The molecule has 8 nitrogen and oxygen atoms in total. The molecular formula is C34H37N5O3. The second-order valence-electron chi connectivity index (χ2n) is 11.8. The van der Waals surface area contributed by atoms with Crippen LogP contribution < -0.4 is 16.2 Å². The highest BCUT2D eigenvalue weighted by Crippen LogP contribution is 2.24. The molecular weight excluding hydrogens is 526 g/mol. The summed E-state index contributed by atoms with van der Waals surface area (Å²) in [5, 5.41) is 7.46. The zero-order chi connectivity index (χ0) is 29.2. The number of fused-ring (bicyclic) bond motifs is 1. The van der Waals surface area contributed by atoms with Crippen molar-refractivity contribution in [3.63, 3.8) is 0 Å². The van der Waals surface area contributed by atoms with Crippen molar-refractivity contribution in [2.24, 2.45) is 0 Å². The Morgan fingerprint density at radius 2 is 1.57 bits per heavy atom. The number of nitrogens with zero attached hydrogens (tertiary/aromatic N) is 3. The van der Waals surface area contributed by atoms with E-state index >= 15 is 0 Å². The van der Waals surface area contributed by atoms with Crippen molar-refractivity contribution in [2.45, 2.75) is 57.7 Å². The van der Waals surface area contributed by atoms with Crippen molar-refractivity contribution >= 4 is 22.6 Å². The number of nitrogens with one attached hydrogen (secondary N) is 2. The number of carbonyl (C=O) groups is 2. The lowest BCUT2D eigenvalue weighted by Crippen LogP contribution is -2.43. The summed E-state index contributed by atoms with van der Waals surface area (Å²) in [4.78, 5) is 46.4. The lowest BCUT2D eigenvalue weighted by molar-refractivity contribution is 0.0915. The van der Waals surface area contributed by atoms with Crippen LogP contribution in [0.25, 0.3) is 10.8 Å². The number of aromatic nitrogens is 2. The molecule has 2 aliphatic rings. The molecule has 1 saturated carbocycles. The molecule has 0 unspecified atom stereocenters. The largest absolute Gasteiger partial charge is 0.349 e. The molecule has 6 rings (SSSR count).